The van der Waals surface area contributed by atoms with Crippen molar-refractivity contribution in [2.45, 2.75) is 26.7 Å². The number of nitrogens with one attached hydrogen (secondary N) is 1. The molecule has 1 amide bonds. The van der Waals surface area contributed by atoms with Crippen molar-refractivity contribution in [1.82, 2.24) is 0 Å². The van der Waals surface area contributed by atoms with Gasteiger partial charge in [-0.1, -0.05) is 12.1 Å². The number of carbonyl (C=O) groups is 3. The van der Waals surface area contributed by atoms with Crippen LogP contribution < -0.4 is 5.32 Å². The molecule has 0 saturated carbocycles. The van der Waals surface area contributed by atoms with E-state index in [1.807, 2.05) is 0 Å². The molecule has 0 fully saturated rings. The molecule has 0 bridgehead atoms. The lowest BCUT2D eigenvalue weighted by Crippen LogP contribution is -2.12. The summed E-state index contributed by atoms with van der Waals surface area (Å²) in [4.78, 5) is 33.3. The standard InChI is InChI=1S/C13H15NO3/c1-9(15)6-7-13(17)14-12-5-3-4-11(8-12)10(2)16/h3-5,8H,6-7H2,1-2H3,(H,14,17). The summed E-state index contributed by atoms with van der Waals surface area (Å²) in [5.41, 5.74) is 1.13. The molecule has 0 aliphatic carbocycles. The second-order valence-corrected chi connectivity index (χ2v) is 3.89. The topological polar surface area (TPSA) is 63.2 Å². The minimum atomic E-state index is -0.221. The Morgan fingerprint density at radius 1 is 1.12 bits per heavy atom. The summed E-state index contributed by atoms with van der Waals surface area (Å²) in [7, 11) is 0. The summed E-state index contributed by atoms with van der Waals surface area (Å²) in [5.74, 6) is -0.289. The normalized spacial score (nSPS) is 9.76. The van der Waals surface area contributed by atoms with Crippen LogP contribution in [0, 0.1) is 0 Å². The maximum Gasteiger partial charge on any atom is 0.224 e. The van der Waals surface area contributed by atoms with Gasteiger partial charge in [0.05, 0.1) is 0 Å². The Bertz CT molecular complexity index is 452. The van der Waals surface area contributed by atoms with Crippen molar-refractivity contribution in [3.63, 3.8) is 0 Å². The van der Waals surface area contributed by atoms with Crippen LogP contribution in [0.5, 0.6) is 0 Å². The molecule has 4 nitrogen and oxygen atoms in total. The summed E-state index contributed by atoms with van der Waals surface area (Å²) in [5, 5.41) is 2.65. The number of rotatable bonds is 5. The highest BCUT2D eigenvalue weighted by atomic mass is 16.2. The van der Waals surface area contributed by atoms with Crippen LogP contribution in [0.25, 0.3) is 0 Å². The van der Waals surface area contributed by atoms with E-state index in [9.17, 15) is 14.4 Å². The molecule has 17 heavy (non-hydrogen) atoms. The molecule has 4 heteroatoms. The Hall–Kier alpha value is -1.97. The average molecular weight is 233 g/mol. The van der Waals surface area contributed by atoms with E-state index >= 15 is 0 Å². The molecule has 0 heterocycles. The fourth-order valence-electron chi connectivity index (χ4n) is 1.33. The van der Waals surface area contributed by atoms with E-state index in [-0.39, 0.29) is 30.3 Å². The van der Waals surface area contributed by atoms with Gasteiger partial charge in [0.1, 0.15) is 5.78 Å². The van der Waals surface area contributed by atoms with Gasteiger partial charge in [0, 0.05) is 24.1 Å². The SMILES string of the molecule is CC(=O)CCC(=O)Nc1cccc(C(C)=O)c1. The first-order valence-electron chi connectivity index (χ1n) is 5.39. The molecule has 0 aliphatic rings. The van der Waals surface area contributed by atoms with Crippen molar-refractivity contribution < 1.29 is 14.4 Å². The van der Waals surface area contributed by atoms with Gasteiger partial charge in [-0.05, 0) is 26.0 Å². The molecular formula is C13H15NO3. The zero-order valence-corrected chi connectivity index (χ0v) is 9.95. The van der Waals surface area contributed by atoms with E-state index in [4.69, 9.17) is 0 Å². The lowest BCUT2D eigenvalue weighted by atomic mass is 10.1. The Labute approximate surface area is 100 Å². The summed E-state index contributed by atoms with van der Waals surface area (Å²) < 4.78 is 0. The number of amides is 1. The smallest absolute Gasteiger partial charge is 0.224 e. The van der Waals surface area contributed by atoms with Crippen molar-refractivity contribution in [3.05, 3.63) is 29.8 Å². The van der Waals surface area contributed by atoms with E-state index in [0.29, 0.717) is 11.3 Å². The second-order valence-electron chi connectivity index (χ2n) is 3.89. The maximum absolute atomic E-state index is 11.4. The number of hydrogen-bond acceptors (Lipinski definition) is 3. The van der Waals surface area contributed by atoms with Crippen LogP contribution in [-0.4, -0.2) is 17.5 Å². The van der Waals surface area contributed by atoms with E-state index in [2.05, 4.69) is 5.32 Å². The van der Waals surface area contributed by atoms with Gasteiger partial charge in [-0.2, -0.15) is 0 Å². The number of Topliss-reactive ketones (excluding diaryl/α,β-unsaturated/α-hetero) is 2. The number of benzene rings is 1. The molecule has 0 aliphatic heterocycles. The Balaban J connectivity index is 2.62. The van der Waals surface area contributed by atoms with Crippen molar-refractivity contribution in [1.29, 1.82) is 0 Å². The van der Waals surface area contributed by atoms with Crippen LogP contribution in [-0.2, 0) is 9.59 Å². The largest absolute Gasteiger partial charge is 0.326 e. The van der Waals surface area contributed by atoms with Crippen LogP contribution >= 0.6 is 0 Å². The highest BCUT2D eigenvalue weighted by molar-refractivity contribution is 5.97. The van der Waals surface area contributed by atoms with Crippen LogP contribution in [0.15, 0.2) is 24.3 Å². The predicted molar refractivity (Wildman–Crippen MR) is 65.0 cm³/mol. The van der Waals surface area contributed by atoms with E-state index in [1.165, 1.54) is 13.8 Å². The van der Waals surface area contributed by atoms with Gasteiger partial charge in [-0.15, -0.1) is 0 Å². The van der Waals surface area contributed by atoms with Gasteiger partial charge in [-0.25, -0.2) is 0 Å². The Morgan fingerprint density at radius 3 is 2.41 bits per heavy atom. The zero-order chi connectivity index (χ0) is 12.8. The third kappa shape index (κ3) is 4.59. The highest BCUT2D eigenvalue weighted by Crippen LogP contribution is 2.11. The van der Waals surface area contributed by atoms with Gasteiger partial charge >= 0.3 is 0 Å². The number of hydrogen-bond donors (Lipinski definition) is 1. The van der Waals surface area contributed by atoms with Gasteiger partial charge in [0.2, 0.25) is 5.91 Å². The highest BCUT2D eigenvalue weighted by Gasteiger charge is 2.05. The van der Waals surface area contributed by atoms with E-state index < -0.39 is 0 Å². The molecule has 1 rings (SSSR count). The number of ketones is 2. The first-order valence-corrected chi connectivity index (χ1v) is 5.39. The summed E-state index contributed by atoms with van der Waals surface area (Å²) in [6.07, 6.45) is 0.401. The minimum absolute atomic E-state index is 0.0161. The summed E-state index contributed by atoms with van der Waals surface area (Å²) in [6.45, 7) is 2.92. The lowest BCUT2D eigenvalue weighted by molar-refractivity contribution is -0.121. The summed E-state index contributed by atoms with van der Waals surface area (Å²) >= 11 is 0. The molecule has 1 aromatic rings. The molecule has 0 atom stereocenters. The monoisotopic (exact) mass is 233 g/mol. The van der Waals surface area contributed by atoms with Crippen molar-refractivity contribution >= 4 is 23.2 Å². The molecule has 0 saturated heterocycles. The first-order chi connectivity index (χ1) is 7.99. The number of anilines is 1. The molecular weight excluding hydrogens is 218 g/mol. The van der Waals surface area contributed by atoms with Crippen LogP contribution in [0.1, 0.15) is 37.0 Å². The third-order valence-corrected chi connectivity index (χ3v) is 2.26. The molecule has 1 aromatic carbocycles. The molecule has 0 aromatic heterocycles. The molecule has 0 spiro atoms. The number of carbonyl (C=O) groups excluding carboxylic acids is 3. The minimum Gasteiger partial charge on any atom is -0.326 e. The first kappa shape index (κ1) is 13.1. The van der Waals surface area contributed by atoms with Crippen molar-refractivity contribution in [2.75, 3.05) is 5.32 Å². The summed E-state index contributed by atoms with van der Waals surface area (Å²) in [6, 6.07) is 6.72. The Kier molecular flexibility index (Phi) is 4.57. The van der Waals surface area contributed by atoms with Crippen molar-refractivity contribution in [2.24, 2.45) is 0 Å². The molecule has 0 unspecified atom stereocenters. The van der Waals surface area contributed by atoms with Gasteiger partial charge in [-0.3, -0.25) is 9.59 Å². The van der Waals surface area contributed by atoms with Gasteiger partial charge in [0.15, 0.2) is 5.78 Å². The second kappa shape index (κ2) is 5.94. The average Bonchev–Trinajstić information content (AvgIpc) is 2.26. The fraction of sp³-hybridized carbons (Fsp3) is 0.308. The maximum atomic E-state index is 11.4. The quantitative estimate of drug-likeness (QED) is 0.793. The molecule has 0 radical (unpaired) electrons. The van der Waals surface area contributed by atoms with Gasteiger partial charge in [0.25, 0.3) is 0 Å². The third-order valence-electron chi connectivity index (χ3n) is 2.26. The predicted octanol–water partition coefficient (Wildman–Crippen LogP) is 2.20. The van der Waals surface area contributed by atoms with Crippen molar-refractivity contribution in [3.8, 4) is 0 Å². The fourth-order valence-corrected chi connectivity index (χ4v) is 1.33. The van der Waals surface area contributed by atoms with E-state index in [1.54, 1.807) is 24.3 Å². The van der Waals surface area contributed by atoms with Gasteiger partial charge < -0.3 is 10.1 Å². The van der Waals surface area contributed by atoms with E-state index in [0.717, 1.165) is 0 Å². The Morgan fingerprint density at radius 2 is 1.82 bits per heavy atom. The van der Waals surface area contributed by atoms with Crippen LogP contribution in [0.3, 0.4) is 0 Å². The zero-order valence-electron chi connectivity index (χ0n) is 9.95. The molecule has 90 valence electrons. The lowest BCUT2D eigenvalue weighted by Gasteiger charge is -2.05. The molecule has 1 N–H and O–H groups in total. The van der Waals surface area contributed by atoms with Crippen LogP contribution in [0.2, 0.25) is 0 Å². The van der Waals surface area contributed by atoms with Crippen LogP contribution in [0.4, 0.5) is 5.69 Å².